The fourth-order valence-electron chi connectivity index (χ4n) is 2.19. The molecule has 1 aliphatic heterocycles. The molecule has 1 N–H and O–H groups in total. The number of Topliss-reactive ketones (excluding diaryl/α,β-unsaturated/α-hetero) is 1. The van der Waals surface area contributed by atoms with Crippen molar-refractivity contribution < 1.29 is 14.6 Å². The van der Waals surface area contributed by atoms with Crippen LogP contribution >= 0.6 is 0 Å². The minimum absolute atomic E-state index is 0.184. The van der Waals surface area contributed by atoms with Crippen molar-refractivity contribution in [3.05, 3.63) is 0 Å². The van der Waals surface area contributed by atoms with E-state index in [4.69, 9.17) is 9.84 Å². The average Bonchev–Trinajstić information content (AvgIpc) is 2.15. The van der Waals surface area contributed by atoms with E-state index in [1.165, 1.54) is 0 Å². The lowest BCUT2D eigenvalue weighted by atomic mass is 9.85. The Morgan fingerprint density at radius 2 is 2.29 bits per heavy atom. The van der Waals surface area contributed by atoms with Crippen molar-refractivity contribution in [1.82, 2.24) is 0 Å². The molecule has 1 rings (SSSR count). The molecule has 1 aliphatic rings. The molecule has 1 fully saturated rings. The van der Waals surface area contributed by atoms with Gasteiger partial charge < -0.3 is 9.84 Å². The maximum absolute atomic E-state index is 11.1. The number of aliphatic hydroxyl groups excluding tert-OH is 1. The molecule has 0 aliphatic carbocycles. The molecule has 0 aromatic heterocycles. The van der Waals surface area contributed by atoms with Gasteiger partial charge in [0.2, 0.25) is 0 Å². The number of hydrogen-bond donors (Lipinski definition) is 1. The van der Waals surface area contributed by atoms with Crippen LogP contribution in [-0.2, 0) is 9.53 Å². The van der Waals surface area contributed by atoms with Crippen LogP contribution in [0.4, 0.5) is 0 Å². The van der Waals surface area contributed by atoms with Crippen molar-refractivity contribution in [2.45, 2.75) is 51.0 Å². The van der Waals surface area contributed by atoms with E-state index in [0.29, 0.717) is 6.42 Å². The Bertz CT molecular complexity index is 183. The van der Waals surface area contributed by atoms with Crippen LogP contribution in [0, 0.1) is 0 Å². The highest BCUT2D eigenvalue weighted by Crippen LogP contribution is 2.32. The summed E-state index contributed by atoms with van der Waals surface area (Å²) < 4.78 is 5.75. The molecule has 1 unspecified atom stereocenters. The van der Waals surface area contributed by atoms with Gasteiger partial charge in [-0.3, -0.25) is 4.79 Å². The summed E-state index contributed by atoms with van der Waals surface area (Å²) in [5.74, 6) is 0.185. The zero-order valence-electron chi connectivity index (χ0n) is 8.92. The molecule has 0 bridgehead atoms. The van der Waals surface area contributed by atoms with Gasteiger partial charge in [0.15, 0.2) is 0 Å². The van der Waals surface area contributed by atoms with Crippen LogP contribution < -0.4 is 0 Å². The van der Waals surface area contributed by atoms with Crippen LogP contribution in [0.3, 0.4) is 0 Å². The normalized spacial score (nSPS) is 27.6. The highest BCUT2D eigenvalue weighted by Gasteiger charge is 2.33. The van der Waals surface area contributed by atoms with Crippen LogP contribution in [0.1, 0.15) is 45.4 Å². The molecule has 0 spiro atoms. The standard InChI is InChI=1S/C11H20O3/c1-10(13)9-11(6-4-7-12)5-2-3-8-14-11/h12H,2-9H2,1H3. The first-order chi connectivity index (χ1) is 6.68. The summed E-state index contributed by atoms with van der Waals surface area (Å²) in [6.07, 6.45) is 5.24. The Labute approximate surface area is 85.5 Å². The van der Waals surface area contributed by atoms with Gasteiger partial charge >= 0.3 is 0 Å². The summed E-state index contributed by atoms with van der Waals surface area (Å²) in [5.41, 5.74) is -0.257. The second-order valence-electron chi connectivity index (χ2n) is 4.19. The summed E-state index contributed by atoms with van der Waals surface area (Å²) >= 11 is 0. The van der Waals surface area contributed by atoms with E-state index < -0.39 is 0 Å². The average molecular weight is 200 g/mol. The largest absolute Gasteiger partial charge is 0.396 e. The Kier molecular flexibility index (Phi) is 4.55. The summed E-state index contributed by atoms with van der Waals surface area (Å²) in [5, 5.41) is 8.80. The van der Waals surface area contributed by atoms with Crippen molar-refractivity contribution in [2.75, 3.05) is 13.2 Å². The van der Waals surface area contributed by atoms with E-state index in [1.807, 2.05) is 0 Å². The molecule has 3 nitrogen and oxygen atoms in total. The fourth-order valence-corrected chi connectivity index (χ4v) is 2.19. The number of ketones is 1. The molecule has 0 radical (unpaired) electrons. The van der Waals surface area contributed by atoms with Gasteiger partial charge in [-0.2, -0.15) is 0 Å². The first-order valence-electron chi connectivity index (χ1n) is 5.43. The SMILES string of the molecule is CC(=O)CC1(CCCO)CCCCO1. The van der Waals surface area contributed by atoms with Gasteiger partial charge in [0.1, 0.15) is 5.78 Å². The first-order valence-corrected chi connectivity index (χ1v) is 5.43. The number of carbonyl (C=O) groups excluding carboxylic acids is 1. The van der Waals surface area contributed by atoms with Crippen LogP contribution in [0.5, 0.6) is 0 Å². The van der Waals surface area contributed by atoms with Gasteiger partial charge in [0, 0.05) is 19.6 Å². The molecule has 82 valence electrons. The summed E-state index contributed by atoms with van der Waals surface area (Å²) in [7, 11) is 0. The Hall–Kier alpha value is -0.410. The predicted octanol–water partition coefficient (Wildman–Crippen LogP) is 1.68. The Morgan fingerprint density at radius 3 is 2.79 bits per heavy atom. The highest BCUT2D eigenvalue weighted by molar-refractivity contribution is 5.76. The maximum Gasteiger partial charge on any atom is 0.132 e. The smallest absolute Gasteiger partial charge is 0.132 e. The van der Waals surface area contributed by atoms with E-state index >= 15 is 0 Å². The summed E-state index contributed by atoms with van der Waals surface area (Å²) in [4.78, 5) is 11.1. The summed E-state index contributed by atoms with van der Waals surface area (Å²) in [6.45, 7) is 2.56. The maximum atomic E-state index is 11.1. The van der Waals surface area contributed by atoms with Crippen molar-refractivity contribution in [3.63, 3.8) is 0 Å². The lowest BCUT2D eigenvalue weighted by molar-refractivity contribution is -0.131. The minimum Gasteiger partial charge on any atom is -0.396 e. The molecule has 1 saturated heterocycles. The van der Waals surface area contributed by atoms with Crippen molar-refractivity contribution >= 4 is 5.78 Å². The molecule has 0 amide bonds. The molecule has 0 saturated carbocycles. The number of ether oxygens (including phenoxy) is 1. The second kappa shape index (κ2) is 5.47. The monoisotopic (exact) mass is 200 g/mol. The van der Waals surface area contributed by atoms with Gasteiger partial charge in [0.05, 0.1) is 5.60 Å². The molecule has 1 heterocycles. The molecular weight excluding hydrogens is 180 g/mol. The quantitative estimate of drug-likeness (QED) is 0.734. The number of aliphatic hydroxyl groups is 1. The lowest BCUT2D eigenvalue weighted by Gasteiger charge is -2.36. The Balaban J connectivity index is 2.52. The van der Waals surface area contributed by atoms with Crippen LogP contribution in [0.15, 0.2) is 0 Å². The van der Waals surface area contributed by atoms with Crippen molar-refractivity contribution in [1.29, 1.82) is 0 Å². The second-order valence-corrected chi connectivity index (χ2v) is 4.19. The number of hydrogen-bond acceptors (Lipinski definition) is 3. The third kappa shape index (κ3) is 3.39. The van der Waals surface area contributed by atoms with Gasteiger partial charge in [0.25, 0.3) is 0 Å². The zero-order chi connectivity index (χ0) is 10.4. The zero-order valence-corrected chi connectivity index (χ0v) is 8.92. The highest BCUT2D eigenvalue weighted by atomic mass is 16.5. The molecule has 14 heavy (non-hydrogen) atoms. The Morgan fingerprint density at radius 1 is 1.50 bits per heavy atom. The van der Waals surface area contributed by atoms with E-state index in [0.717, 1.165) is 38.7 Å². The number of carbonyl (C=O) groups is 1. The topological polar surface area (TPSA) is 46.5 Å². The molecule has 3 heteroatoms. The van der Waals surface area contributed by atoms with Gasteiger partial charge in [-0.1, -0.05) is 0 Å². The van der Waals surface area contributed by atoms with E-state index in [2.05, 4.69) is 0 Å². The van der Waals surface area contributed by atoms with Crippen molar-refractivity contribution in [2.24, 2.45) is 0 Å². The minimum atomic E-state index is -0.257. The van der Waals surface area contributed by atoms with Crippen LogP contribution in [-0.4, -0.2) is 29.7 Å². The number of rotatable bonds is 5. The lowest BCUT2D eigenvalue weighted by Crippen LogP contribution is -2.38. The molecular formula is C11H20O3. The molecule has 0 aromatic carbocycles. The van der Waals surface area contributed by atoms with E-state index in [9.17, 15) is 4.79 Å². The van der Waals surface area contributed by atoms with E-state index in [-0.39, 0.29) is 18.0 Å². The first kappa shape index (κ1) is 11.7. The molecule has 0 aromatic rings. The third-order valence-electron chi connectivity index (χ3n) is 2.80. The fraction of sp³-hybridized carbons (Fsp3) is 0.909. The van der Waals surface area contributed by atoms with Gasteiger partial charge in [-0.15, -0.1) is 0 Å². The van der Waals surface area contributed by atoms with Gasteiger partial charge in [-0.05, 0) is 39.0 Å². The van der Waals surface area contributed by atoms with Crippen LogP contribution in [0.25, 0.3) is 0 Å². The van der Waals surface area contributed by atoms with Crippen LogP contribution in [0.2, 0.25) is 0 Å². The van der Waals surface area contributed by atoms with Gasteiger partial charge in [-0.25, -0.2) is 0 Å². The third-order valence-corrected chi connectivity index (χ3v) is 2.80. The predicted molar refractivity (Wildman–Crippen MR) is 54.2 cm³/mol. The van der Waals surface area contributed by atoms with E-state index in [1.54, 1.807) is 6.92 Å². The summed E-state index contributed by atoms with van der Waals surface area (Å²) in [6, 6.07) is 0. The molecule has 1 atom stereocenters. The van der Waals surface area contributed by atoms with Crippen molar-refractivity contribution in [3.8, 4) is 0 Å².